The normalized spacial score (nSPS) is 12.5. The first-order valence-corrected chi connectivity index (χ1v) is 7.53. The number of carbonyl (C=O) groups is 2. The summed E-state index contributed by atoms with van der Waals surface area (Å²) in [4.78, 5) is 22.8. The molecule has 1 aromatic carbocycles. The average Bonchev–Trinajstić information content (AvgIpc) is 2.50. The van der Waals surface area contributed by atoms with Gasteiger partial charge in [0.2, 0.25) is 5.91 Å². The third-order valence-corrected chi connectivity index (χ3v) is 3.42. The van der Waals surface area contributed by atoms with Crippen LogP contribution in [0.4, 0.5) is 13.2 Å². The van der Waals surface area contributed by atoms with Crippen LogP contribution in [-0.2, 0) is 22.2 Å². The molecule has 1 atom stereocenters. The van der Waals surface area contributed by atoms with Crippen molar-refractivity contribution in [2.75, 3.05) is 0 Å². The molecule has 132 valence electrons. The number of halogens is 3. The first-order chi connectivity index (χ1) is 11.2. The van der Waals surface area contributed by atoms with E-state index < -0.39 is 29.7 Å². The zero-order chi connectivity index (χ0) is 18.2. The molecule has 0 aliphatic carbocycles. The van der Waals surface area contributed by atoms with Crippen molar-refractivity contribution in [3.63, 3.8) is 0 Å². The topological polar surface area (TPSA) is 66.4 Å². The van der Waals surface area contributed by atoms with Gasteiger partial charge in [-0.3, -0.25) is 4.79 Å². The number of aryl methyl sites for hydroxylation is 1. The lowest BCUT2D eigenvalue weighted by Gasteiger charge is -2.13. The van der Waals surface area contributed by atoms with Crippen LogP contribution in [0.3, 0.4) is 0 Å². The van der Waals surface area contributed by atoms with Gasteiger partial charge in [0.15, 0.2) is 0 Å². The number of alkyl halides is 3. The van der Waals surface area contributed by atoms with Crippen LogP contribution in [0.5, 0.6) is 0 Å². The zero-order valence-electron chi connectivity index (χ0n) is 13.1. The lowest BCUT2D eigenvalue weighted by molar-refractivity contribution is -0.142. The van der Waals surface area contributed by atoms with Crippen molar-refractivity contribution in [1.29, 1.82) is 0 Å². The van der Waals surface area contributed by atoms with Crippen LogP contribution in [0.1, 0.15) is 36.8 Å². The molecule has 1 amide bonds. The number of amides is 1. The lowest BCUT2D eigenvalue weighted by atomic mass is 10.0. The number of nitrogens with one attached hydrogen (secondary N) is 1. The van der Waals surface area contributed by atoms with Gasteiger partial charge in [0.1, 0.15) is 6.04 Å². The van der Waals surface area contributed by atoms with Crippen LogP contribution < -0.4 is 5.32 Å². The molecule has 1 rings (SSSR count). The van der Waals surface area contributed by atoms with Gasteiger partial charge in [-0.25, -0.2) is 4.79 Å². The SMILES string of the molecule is C=CCCC(NC(=O)CCCc1cccc(C(F)(F)F)c1)C(=O)O. The molecule has 0 spiro atoms. The predicted molar refractivity (Wildman–Crippen MR) is 83.4 cm³/mol. The third-order valence-electron chi connectivity index (χ3n) is 3.42. The molecule has 0 bridgehead atoms. The van der Waals surface area contributed by atoms with E-state index in [9.17, 15) is 22.8 Å². The third kappa shape index (κ3) is 6.85. The Bertz CT molecular complexity index is 585. The minimum atomic E-state index is -4.40. The molecule has 0 saturated heterocycles. The highest BCUT2D eigenvalue weighted by molar-refractivity contribution is 5.83. The maximum Gasteiger partial charge on any atom is 0.416 e. The van der Waals surface area contributed by atoms with E-state index in [0.717, 1.165) is 12.1 Å². The Labute approximate surface area is 138 Å². The zero-order valence-corrected chi connectivity index (χ0v) is 13.1. The molecule has 0 aromatic heterocycles. The Morgan fingerprint density at radius 1 is 1.33 bits per heavy atom. The van der Waals surface area contributed by atoms with Crippen molar-refractivity contribution in [3.8, 4) is 0 Å². The summed E-state index contributed by atoms with van der Waals surface area (Å²) in [6.45, 7) is 3.49. The number of aliphatic carboxylic acids is 1. The molecule has 1 unspecified atom stereocenters. The van der Waals surface area contributed by atoms with E-state index >= 15 is 0 Å². The monoisotopic (exact) mass is 343 g/mol. The van der Waals surface area contributed by atoms with Gasteiger partial charge in [0.25, 0.3) is 0 Å². The van der Waals surface area contributed by atoms with Gasteiger partial charge in [-0.05, 0) is 37.3 Å². The molecular weight excluding hydrogens is 323 g/mol. The van der Waals surface area contributed by atoms with Crippen LogP contribution in [0.2, 0.25) is 0 Å². The summed E-state index contributed by atoms with van der Waals surface area (Å²) in [5, 5.41) is 11.4. The molecule has 0 saturated carbocycles. The summed E-state index contributed by atoms with van der Waals surface area (Å²) < 4.78 is 37.8. The smallest absolute Gasteiger partial charge is 0.416 e. The lowest BCUT2D eigenvalue weighted by Crippen LogP contribution is -2.40. The molecule has 0 aliphatic heterocycles. The number of carbonyl (C=O) groups excluding carboxylic acids is 1. The highest BCUT2D eigenvalue weighted by Gasteiger charge is 2.30. The van der Waals surface area contributed by atoms with Crippen LogP contribution in [0, 0.1) is 0 Å². The number of carboxylic acid groups (broad SMARTS) is 1. The van der Waals surface area contributed by atoms with Gasteiger partial charge in [0, 0.05) is 6.42 Å². The van der Waals surface area contributed by atoms with Crippen LogP contribution in [0.15, 0.2) is 36.9 Å². The number of hydrogen-bond acceptors (Lipinski definition) is 2. The maximum absolute atomic E-state index is 12.6. The van der Waals surface area contributed by atoms with E-state index in [1.165, 1.54) is 6.07 Å². The van der Waals surface area contributed by atoms with Crippen molar-refractivity contribution < 1.29 is 27.9 Å². The Hall–Kier alpha value is -2.31. The standard InChI is InChI=1S/C17H20F3NO3/c1-2-3-9-14(16(23)24)21-15(22)10-5-7-12-6-4-8-13(11-12)17(18,19)20/h2,4,6,8,11,14H,1,3,5,7,9-10H2,(H,21,22)(H,23,24). The highest BCUT2D eigenvalue weighted by Crippen LogP contribution is 2.29. The van der Waals surface area contributed by atoms with Gasteiger partial charge in [-0.2, -0.15) is 13.2 Å². The first kappa shape index (κ1) is 19.7. The van der Waals surface area contributed by atoms with Crippen molar-refractivity contribution >= 4 is 11.9 Å². The molecule has 0 fully saturated rings. The van der Waals surface area contributed by atoms with E-state index in [0.29, 0.717) is 24.8 Å². The summed E-state index contributed by atoms with van der Waals surface area (Å²) in [6, 6.07) is 3.96. The van der Waals surface area contributed by atoms with Crippen LogP contribution in [-0.4, -0.2) is 23.0 Å². The van der Waals surface area contributed by atoms with E-state index in [-0.39, 0.29) is 12.8 Å². The fourth-order valence-corrected chi connectivity index (χ4v) is 2.16. The van der Waals surface area contributed by atoms with E-state index in [4.69, 9.17) is 5.11 Å². The molecule has 24 heavy (non-hydrogen) atoms. The molecule has 0 radical (unpaired) electrons. The van der Waals surface area contributed by atoms with Crippen molar-refractivity contribution in [1.82, 2.24) is 5.32 Å². The fourth-order valence-electron chi connectivity index (χ4n) is 2.16. The largest absolute Gasteiger partial charge is 0.480 e. The first-order valence-electron chi connectivity index (χ1n) is 7.53. The quantitative estimate of drug-likeness (QED) is 0.674. The van der Waals surface area contributed by atoms with E-state index in [1.54, 1.807) is 12.1 Å². The van der Waals surface area contributed by atoms with Gasteiger partial charge in [0.05, 0.1) is 5.56 Å². The summed E-state index contributed by atoms with van der Waals surface area (Å²) in [7, 11) is 0. The van der Waals surface area contributed by atoms with Crippen molar-refractivity contribution in [2.45, 2.75) is 44.3 Å². The second-order valence-electron chi connectivity index (χ2n) is 5.38. The minimum Gasteiger partial charge on any atom is -0.480 e. The Morgan fingerprint density at radius 2 is 2.04 bits per heavy atom. The molecule has 4 nitrogen and oxygen atoms in total. The second kappa shape index (κ2) is 9.10. The van der Waals surface area contributed by atoms with Gasteiger partial charge < -0.3 is 10.4 Å². The maximum atomic E-state index is 12.6. The Kier molecular flexibility index (Phi) is 7.48. The molecule has 7 heteroatoms. The van der Waals surface area contributed by atoms with E-state index in [2.05, 4.69) is 11.9 Å². The Balaban J connectivity index is 2.48. The number of rotatable bonds is 9. The number of hydrogen-bond donors (Lipinski definition) is 2. The Morgan fingerprint density at radius 3 is 2.62 bits per heavy atom. The summed E-state index contributed by atoms with van der Waals surface area (Å²) in [6.07, 6.45) is -1.43. The predicted octanol–water partition coefficient (Wildman–Crippen LogP) is 3.56. The molecule has 0 heterocycles. The number of carboxylic acids is 1. The summed E-state index contributed by atoms with van der Waals surface area (Å²) in [5.41, 5.74) is -0.237. The fraction of sp³-hybridized carbons (Fsp3) is 0.412. The molecule has 1 aromatic rings. The van der Waals surface area contributed by atoms with Crippen LogP contribution in [0.25, 0.3) is 0 Å². The molecule has 0 aliphatic rings. The van der Waals surface area contributed by atoms with Gasteiger partial charge in [-0.1, -0.05) is 24.3 Å². The summed E-state index contributed by atoms with van der Waals surface area (Å²) >= 11 is 0. The summed E-state index contributed by atoms with van der Waals surface area (Å²) in [5.74, 6) is -1.55. The number of allylic oxidation sites excluding steroid dienone is 1. The molecular formula is C17H20F3NO3. The van der Waals surface area contributed by atoms with Crippen LogP contribution >= 0.6 is 0 Å². The highest BCUT2D eigenvalue weighted by atomic mass is 19.4. The number of benzene rings is 1. The molecule has 2 N–H and O–H groups in total. The van der Waals surface area contributed by atoms with Gasteiger partial charge in [-0.15, -0.1) is 6.58 Å². The van der Waals surface area contributed by atoms with Crippen molar-refractivity contribution in [3.05, 3.63) is 48.0 Å². The minimum absolute atomic E-state index is 0.0497. The average molecular weight is 343 g/mol. The van der Waals surface area contributed by atoms with Gasteiger partial charge >= 0.3 is 12.1 Å². The van der Waals surface area contributed by atoms with E-state index in [1.807, 2.05) is 0 Å². The van der Waals surface area contributed by atoms with Crippen molar-refractivity contribution in [2.24, 2.45) is 0 Å². The second-order valence-corrected chi connectivity index (χ2v) is 5.38.